The number of esters is 2. The van der Waals surface area contributed by atoms with E-state index < -0.39 is 11.4 Å². The van der Waals surface area contributed by atoms with Crippen LogP contribution in [0.5, 0.6) is 5.75 Å². The number of hydrogen-bond acceptors (Lipinski definition) is 4. The Balaban J connectivity index is 2.20. The number of fused-ring (bicyclic) bond motifs is 1. The van der Waals surface area contributed by atoms with Gasteiger partial charge in [-0.1, -0.05) is 97.0 Å². The molecule has 1 heterocycles. The second kappa shape index (κ2) is 10.2. The van der Waals surface area contributed by atoms with E-state index in [0.717, 1.165) is 41.5 Å². The van der Waals surface area contributed by atoms with E-state index >= 15 is 0 Å². The topological polar surface area (TPSA) is 52.6 Å². The summed E-state index contributed by atoms with van der Waals surface area (Å²) in [4.78, 5) is 26.5. The Bertz CT molecular complexity index is 1060. The lowest BCUT2D eigenvalue weighted by Crippen LogP contribution is -2.36. The van der Waals surface area contributed by atoms with Crippen LogP contribution in [-0.2, 0) is 31.6 Å². The Kier molecular flexibility index (Phi) is 7.70. The Morgan fingerprint density at radius 2 is 1.82 bits per heavy atom. The predicted octanol–water partition coefficient (Wildman–Crippen LogP) is 6.68. The van der Waals surface area contributed by atoms with E-state index in [1.54, 1.807) is 0 Å². The van der Waals surface area contributed by atoms with Crippen molar-refractivity contribution < 1.29 is 19.1 Å². The molecule has 0 spiro atoms. The van der Waals surface area contributed by atoms with Gasteiger partial charge in [-0.15, -0.1) is 0 Å². The lowest BCUT2D eigenvalue weighted by Gasteiger charge is -2.29. The molecule has 0 saturated carbocycles. The van der Waals surface area contributed by atoms with Crippen molar-refractivity contribution in [1.82, 2.24) is 0 Å². The zero-order chi connectivity index (χ0) is 25.1. The zero-order valence-electron chi connectivity index (χ0n) is 21.5. The molecule has 1 unspecified atom stereocenters. The van der Waals surface area contributed by atoms with Crippen molar-refractivity contribution >= 4 is 11.9 Å². The first-order valence-corrected chi connectivity index (χ1v) is 12.3. The maximum Gasteiger partial charge on any atom is 0.333 e. The molecule has 0 aromatic heterocycles. The molecule has 0 aliphatic carbocycles. The highest BCUT2D eigenvalue weighted by Gasteiger charge is 2.52. The van der Waals surface area contributed by atoms with Gasteiger partial charge in [0.1, 0.15) is 11.2 Å². The summed E-state index contributed by atoms with van der Waals surface area (Å²) < 4.78 is 11.4. The first-order chi connectivity index (χ1) is 16.0. The van der Waals surface area contributed by atoms with Crippen LogP contribution in [-0.4, -0.2) is 18.5 Å². The van der Waals surface area contributed by atoms with Crippen LogP contribution in [0.3, 0.4) is 0 Å². The molecule has 0 N–H and O–H groups in total. The summed E-state index contributed by atoms with van der Waals surface area (Å²) in [5, 5.41) is 0. The van der Waals surface area contributed by atoms with Gasteiger partial charge in [0.25, 0.3) is 0 Å². The van der Waals surface area contributed by atoms with Crippen LogP contribution in [0.4, 0.5) is 0 Å². The molecule has 2 aromatic rings. The van der Waals surface area contributed by atoms with Crippen molar-refractivity contribution in [3.8, 4) is 5.75 Å². The summed E-state index contributed by atoms with van der Waals surface area (Å²) in [6.07, 6.45) is 2.63. The van der Waals surface area contributed by atoms with Crippen molar-refractivity contribution in [3.63, 3.8) is 0 Å². The van der Waals surface area contributed by atoms with E-state index in [4.69, 9.17) is 9.47 Å². The van der Waals surface area contributed by atoms with Gasteiger partial charge in [-0.2, -0.15) is 0 Å². The summed E-state index contributed by atoms with van der Waals surface area (Å²) in [5.41, 5.74) is 2.78. The second-order valence-electron chi connectivity index (χ2n) is 10.8. The highest BCUT2D eigenvalue weighted by Crippen LogP contribution is 2.51. The third-order valence-corrected chi connectivity index (χ3v) is 6.43. The molecule has 2 aromatic carbocycles. The smallest absolute Gasteiger partial charge is 0.333 e. The molecule has 4 heteroatoms. The van der Waals surface area contributed by atoms with Gasteiger partial charge in [-0.05, 0) is 40.9 Å². The average Bonchev–Trinajstić information content (AvgIpc) is 3.06. The Morgan fingerprint density at radius 1 is 1.15 bits per heavy atom. The van der Waals surface area contributed by atoms with Crippen molar-refractivity contribution in [2.75, 3.05) is 6.61 Å². The van der Waals surface area contributed by atoms with E-state index in [0.29, 0.717) is 18.3 Å². The first-order valence-electron chi connectivity index (χ1n) is 12.3. The molecule has 0 fully saturated rings. The zero-order valence-corrected chi connectivity index (χ0v) is 21.5. The van der Waals surface area contributed by atoms with E-state index in [-0.39, 0.29) is 23.4 Å². The molecular weight excluding hydrogens is 424 g/mol. The molecule has 0 bridgehead atoms. The third-order valence-electron chi connectivity index (χ3n) is 6.43. The summed E-state index contributed by atoms with van der Waals surface area (Å²) in [7, 11) is 0. The lowest BCUT2D eigenvalue weighted by molar-refractivity contribution is -0.140. The summed E-state index contributed by atoms with van der Waals surface area (Å²) in [6.45, 7) is 17.2. The van der Waals surface area contributed by atoms with Crippen molar-refractivity contribution in [2.24, 2.45) is 5.92 Å². The van der Waals surface area contributed by atoms with E-state index in [1.165, 1.54) is 0 Å². The number of carbonyl (C=O) groups excluding carboxylic acids is 2. The average molecular weight is 463 g/mol. The van der Waals surface area contributed by atoms with Gasteiger partial charge in [-0.3, -0.25) is 4.79 Å². The minimum atomic E-state index is -1.15. The molecule has 4 nitrogen and oxygen atoms in total. The molecule has 182 valence electrons. The van der Waals surface area contributed by atoms with Gasteiger partial charge in [-0.25, -0.2) is 4.79 Å². The van der Waals surface area contributed by atoms with Gasteiger partial charge in [0.05, 0.1) is 6.61 Å². The van der Waals surface area contributed by atoms with Gasteiger partial charge in [0, 0.05) is 17.6 Å². The maximum absolute atomic E-state index is 13.8. The van der Waals surface area contributed by atoms with Gasteiger partial charge in [0.15, 0.2) is 0 Å². The quantitative estimate of drug-likeness (QED) is 0.181. The third kappa shape index (κ3) is 5.11. The molecule has 1 aliphatic heterocycles. The highest BCUT2D eigenvalue weighted by molar-refractivity contribution is 5.98. The summed E-state index contributed by atoms with van der Waals surface area (Å²) >= 11 is 0. The van der Waals surface area contributed by atoms with Crippen molar-refractivity contribution in [1.29, 1.82) is 0 Å². The minimum absolute atomic E-state index is 0.114. The van der Waals surface area contributed by atoms with Crippen LogP contribution in [0, 0.1) is 5.92 Å². The molecule has 1 aliphatic rings. The molecule has 3 rings (SSSR count). The fourth-order valence-corrected chi connectivity index (χ4v) is 4.51. The summed E-state index contributed by atoms with van der Waals surface area (Å²) in [5.74, 6) is 0.197. The fourth-order valence-electron chi connectivity index (χ4n) is 4.51. The number of hydrogen-bond donors (Lipinski definition) is 0. The molecule has 0 radical (unpaired) electrons. The maximum atomic E-state index is 13.8. The van der Waals surface area contributed by atoms with Gasteiger partial charge < -0.3 is 9.47 Å². The van der Waals surface area contributed by atoms with Crippen LogP contribution in [0.15, 0.2) is 54.6 Å². The van der Waals surface area contributed by atoms with E-state index in [9.17, 15) is 9.59 Å². The van der Waals surface area contributed by atoms with Crippen molar-refractivity contribution in [2.45, 2.75) is 78.1 Å². The molecule has 1 atom stereocenters. The predicted molar refractivity (Wildman–Crippen MR) is 136 cm³/mol. The summed E-state index contributed by atoms with van der Waals surface area (Å²) in [6, 6.07) is 13.9. The Morgan fingerprint density at radius 3 is 2.41 bits per heavy atom. The lowest BCUT2D eigenvalue weighted by atomic mass is 9.69. The Hall–Kier alpha value is -2.88. The van der Waals surface area contributed by atoms with Crippen molar-refractivity contribution in [3.05, 3.63) is 76.9 Å². The van der Waals surface area contributed by atoms with E-state index in [1.807, 2.05) is 37.3 Å². The van der Waals surface area contributed by atoms with Crippen LogP contribution in [0.1, 0.15) is 83.1 Å². The number of carbonyl (C=O) groups is 2. The van der Waals surface area contributed by atoms with E-state index in [2.05, 4.69) is 53.3 Å². The second-order valence-corrected chi connectivity index (χ2v) is 10.8. The Labute approximate surface area is 204 Å². The molecule has 34 heavy (non-hydrogen) atoms. The van der Waals surface area contributed by atoms with Gasteiger partial charge in [0.2, 0.25) is 0 Å². The standard InChI is InChI=1S/C30H38O4/c1-8-9-15-33-27(31)21(4)19-30(23-13-11-10-12-14-23)25-18-24(29(5,6)7)17-22(16-20(2)3)26(25)34-28(30)32/h10-14,17-18,20H,4,8-9,15-16,19H2,1-3,5-7H3. The SMILES string of the molecule is C=C(CC1(c2ccccc2)C(=O)Oc2c(CC(C)C)cc(C(C)(C)C)cc21)C(=O)OCCCC. The number of unbranched alkanes of at least 4 members (excludes halogenated alkanes) is 1. The first kappa shape index (κ1) is 25.7. The normalized spacial score (nSPS) is 17.4. The van der Waals surface area contributed by atoms with Crippen LogP contribution in [0.25, 0.3) is 0 Å². The van der Waals surface area contributed by atoms with Gasteiger partial charge >= 0.3 is 11.9 Å². The van der Waals surface area contributed by atoms with Crippen LogP contribution >= 0.6 is 0 Å². The number of rotatable bonds is 9. The fraction of sp³-hybridized carbons (Fsp3) is 0.467. The monoisotopic (exact) mass is 462 g/mol. The number of ether oxygens (including phenoxy) is 2. The van der Waals surface area contributed by atoms with Crippen LogP contribution < -0.4 is 4.74 Å². The molecule has 0 amide bonds. The minimum Gasteiger partial charge on any atom is -0.462 e. The highest BCUT2D eigenvalue weighted by atomic mass is 16.5. The molecule has 0 saturated heterocycles. The van der Waals surface area contributed by atoms with Crippen LogP contribution in [0.2, 0.25) is 0 Å². The largest absolute Gasteiger partial charge is 0.462 e. The molecular formula is C30H38O4. The number of benzene rings is 2.